The maximum atomic E-state index is 15.0. The Morgan fingerprint density at radius 1 is 0.943 bits per heavy atom. The molecule has 0 radical (unpaired) electrons. The monoisotopic (exact) mass is 531 g/mol. The second kappa shape index (κ2) is 8.42. The number of fused-ring (bicyclic) bond motifs is 1. The third-order valence-corrected chi connectivity index (χ3v) is 6.33. The minimum Gasteiger partial charge on any atom is -0.419 e. The zero-order chi connectivity index (χ0) is 26.6. The number of halogens is 8. The number of hydrogen-bond donors (Lipinski definition) is 0. The van der Waals surface area contributed by atoms with E-state index >= 15 is 8.78 Å². The molecule has 2 aliphatic heterocycles. The molecule has 1 saturated heterocycles. The van der Waals surface area contributed by atoms with Gasteiger partial charge in [-0.15, -0.1) is 0 Å². The van der Waals surface area contributed by atoms with Crippen molar-refractivity contribution in [2.24, 2.45) is 0 Å². The average molecular weight is 531 g/mol. The van der Waals surface area contributed by atoms with Crippen LogP contribution < -0.4 is 4.90 Å². The molecule has 2 heterocycles. The lowest BCUT2D eigenvalue weighted by molar-refractivity contribution is -0.360. The Labute approximate surface area is 197 Å². The second-order valence-corrected chi connectivity index (χ2v) is 8.90. The van der Waals surface area contributed by atoms with Crippen molar-refractivity contribution in [2.45, 2.75) is 61.7 Å². The fraction of sp³-hybridized carbons (Fsp3) is 0.429. The van der Waals surface area contributed by atoms with Crippen molar-refractivity contribution in [3.63, 3.8) is 0 Å². The SMILES string of the molecule is CCC1(C)OC(=O)C(=C/C=C2\Sc3ccccc3N2C(F)(F)C(F)(F)C(F)(F)C(C)(F)F)C(=O)O1. The Balaban J connectivity index is 2.10. The number of para-hydroxylation sites is 1. The molecule has 0 unspecified atom stereocenters. The number of ether oxygens (including phenoxy) is 2. The molecule has 5 nitrogen and oxygen atoms in total. The number of allylic oxidation sites excluding steroid dienone is 2. The van der Waals surface area contributed by atoms with Crippen molar-refractivity contribution >= 4 is 29.4 Å². The van der Waals surface area contributed by atoms with Crippen LogP contribution in [0.4, 0.5) is 40.8 Å². The summed E-state index contributed by atoms with van der Waals surface area (Å²) < 4.78 is 123. The van der Waals surface area contributed by atoms with Crippen molar-refractivity contribution < 1.29 is 54.2 Å². The molecule has 3 rings (SSSR count). The smallest absolute Gasteiger partial charge is 0.399 e. The Morgan fingerprint density at radius 3 is 2.00 bits per heavy atom. The number of carbonyl (C=O) groups is 2. The summed E-state index contributed by atoms with van der Waals surface area (Å²) in [7, 11) is 0. The lowest BCUT2D eigenvalue weighted by atomic mass is 10.0. The number of esters is 2. The van der Waals surface area contributed by atoms with E-state index in [9.17, 15) is 35.9 Å². The van der Waals surface area contributed by atoms with E-state index in [1.165, 1.54) is 19.1 Å². The van der Waals surface area contributed by atoms with E-state index in [1.54, 1.807) is 6.92 Å². The first-order chi connectivity index (χ1) is 15.9. The number of thioether (sulfide) groups is 1. The van der Waals surface area contributed by atoms with E-state index < -0.39 is 69.7 Å². The number of rotatable bonds is 6. The predicted molar refractivity (Wildman–Crippen MR) is 107 cm³/mol. The summed E-state index contributed by atoms with van der Waals surface area (Å²) in [4.78, 5) is 23.7. The van der Waals surface area contributed by atoms with Crippen LogP contribution in [0.5, 0.6) is 0 Å². The Bertz CT molecular complexity index is 1090. The third-order valence-electron chi connectivity index (χ3n) is 5.24. The number of hydrogen-bond acceptors (Lipinski definition) is 6. The Kier molecular flexibility index (Phi) is 6.45. The van der Waals surface area contributed by atoms with E-state index in [2.05, 4.69) is 0 Å². The van der Waals surface area contributed by atoms with Gasteiger partial charge in [0, 0.05) is 25.2 Å². The minimum absolute atomic E-state index is 0.0787. The van der Waals surface area contributed by atoms with Crippen LogP contribution >= 0.6 is 11.8 Å². The molecule has 192 valence electrons. The van der Waals surface area contributed by atoms with E-state index in [0.29, 0.717) is 23.9 Å². The molecule has 0 aromatic heterocycles. The lowest BCUT2D eigenvalue weighted by Gasteiger charge is -2.40. The van der Waals surface area contributed by atoms with Crippen LogP contribution in [0.15, 0.2) is 51.9 Å². The molecule has 0 bridgehead atoms. The minimum atomic E-state index is -6.56. The molecular formula is C21H17F8NO4S. The highest BCUT2D eigenvalue weighted by molar-refractivity contribution is 8.03. The molecule has 14 heteroatoms. The van der Waals surface area contributed by atoms with Crippen molar-refractivity contribution in [3.05, 3.63) is 47.0 Å². The van der Waals surface area contributed by atoms with Gasteiger partial charge < -0.3 is 9.47 Å². The van der Waals surface area contributed by atoms with Gasteiger partial charge in [0.15, 0.2) is 0 Å². The summed E-state index contributed by atoms with van der Waals surface area (Å²) in [6.45, 7) is 2.23. The van der Waals surface area contributed by atoms with E-state index in [1.807, 2.05) is 0 Å². The van der Waals surface area contributed by atoms with Gasteiger partial charge in [-0.1, -0.05) is 30.8 Å². The standard InChI is InChI=1S/C21H17F8NO4S/c1-4-17(2)33-15(31)11(16(32)34-17)9-10-14-30(12-7-5-6-8-13(12)35-14)21(28,29)20(26,27)19(24,25)18(3,22)23/h5-10H,4H2,1-3H3/b11-9?,14-10-. The summed E-state index contributed by atoms with van der Waals surface area (Å²) in [6.07, 6.45) is 1.31. The first kappa shape index (κ1) is 26.8. The number of benzene rings is 1. The summed E-state index contributed by atoms with van der Waals surface area (Å²) in [5.41, 5.74) is -1.48. The summed E-state index contributed by atoms with van der Waals surface area (Å²) in [6, 6.07) is -1.34. The van der Waals surface area contributed by atoms with Crippen LogP contribution in [0.3, 0.4) is 0 Å². The number of cyclic esters (lactones) is 2. The molecule has 0 amide bonds. The van der Waals surface area contributed by atoms with Crippen LogP contribution in [-0.4, -0.2) is 41.5 Å². The molecular weight excluding hydrogens is 514 g/mol. The summed E-state index contributed by atoms with van der Waals surface area (Å²) in [5.74, 6) is -22.5. The van der Waals surface area contributed by atoms with Crippen LogP contribution in [0.2, 0.25) is 0 Å². The number of carbonyl (C=O) groups excluding carboxylic acids is 2. The van der Waals surface area contributed by atoms with Crippen LogP contribution in [0.25, 0.3) is 0 Å². The highest BCUT2D eigenvalue weighted by Crippen LogP contribution is 2.59. The zero-order valence-corrected chi connectivity index (χ0v) is 19.0. The molecule has 0 aliphatic carbocycles. The lowest BCUT2D eigenvalue weighted by Crippen LogP contribution is -2.66. The van der Waals surface area contributed by atoms with Crippen molar-refractivity contribution in [1.29, 1.82) is 0 Å². The van der Waals surface area contributed by atoms with Crippen LogP contribution in [0.1, 0.15) is 27.2 Å². The fourth-order valence-electron chi connectivity index (χ4n) is 3.05. The highest BCUT2D eigenvalue weighted by atomic mass is 32.2. The number of nitrogens with zero attached hydrogens (tertiary/aromatic N) is 1. The van der Waals surface area contributed by atoms with Crippen LogP contribution in [0, 0.1) is 0 Å². The van der Waals surface area contributed by atoms with Gasteiger partial charge in [-0.05, 0) is 24.3 Å². The average Bonchev–Trinajstić information content (AvgIpc) is 3.11. The maximum absolute atomic E-state index is 15.0. The maximum Gasteiger partial charge on any atom is 0.399 e. The quantitative estimate of drug-likeness (QED) is 0.145. The topological polar surface area (TPSA) is 55.8 Å². The van der Waals surface area contributed by atoms with Gasteiger partial charge >= 0.3 is 35.8 Å². The van der Waals surface area contributed by atoms with Gasteiger partial charge in [-0.2, -0.15) is 35.1 Å². The third kappa shape index (κ3) is 4.25. The largest absolute Gasteiger partial charge is 0.419 e. The molecule has 0 N–H and O–H groups in total. The zero-order valence-electron chi connectivity index (χ0n) is 18.2. The molecule has 0 saturated carbocycles. The first-order valence-electron chi connectivity index (χ1n) is 9.86. The number of anilines is 1. The second-order valence-electron chi connectivity index (χ2n) is 7.84. The molecule has 2 aliphatic rings. The Morgan fingerprint density at radius 2 is 1.49 bits per heavy atom. The van der Waals surface area contributed by atoms with Crippen molar-refractivity contribution in [2.75, 3.05) is 4.90 Å². The fourth-order valence-corrected chi connectivity index (χ4v) is 4.13. The molecule has 1 aromatic carbocycles. The predicted octanol–water partition coefficient (Wildman–Crippen LogP) is 6.11. The van der Waals surface area contributed by atoms with Crippen molar-refractivity contribution in [1.82, 2.24) is 0 Å². The van der Waals surface area contributed by atoms with Gasteiger partial charge in [0.05, 0.1) is 10.7 Å². The van der Waals surface area contributed by atoms with Crippen LogP contribution in [-0.2, 0) is 19.1 Å². The van der Waals surface area contributed by atoms with Gasteiger partial charge in [0.2, 0.25) is 0 Å². The molecule has 0 atom stereocenters. The van der Waals surface area contributed by atoms with E-state index in [0.717, 1.165) is 12.1 Å². The van der Waals surface area contributed by atoms with Gasteiger partial charge in [-0.25, -0.2) is 9.59 Å². The summed E-state index contributed by atoms with van der Waals surface area (Å²) in [5, 5.41) is -0.858. The number of alkyl halides is 8. The van der Waals surface area contributed by atoms with Gasteiger partial charge in [0.1, 0.15) is 5.57 Å². The highest BCUT2D eigenvalue weighted by Gasteiger charge is 2.81. The molecule has 1 aromatic rings. The molecule has 0 spiro atoms. The molecule has 1 fully saturated rings. The van der Waals surface area contributed by atoms with E-state index in [4.69, 9.17) is 9.47 Å². The summed E-state index contributed by atoms with van der Waals surface area (Å²) >= 11 is 0.393. The van der Waals surface area contributed by atoms with Crippen molar-refractivity contribution in [3.8, 4) is 0 Å². The molecule has 35 heavy (non-hydrogen) atoms. The normalized spacial score (nSPS) is 22.8. The van der Waals surface area contributed by atoms with Gasteiger partial charge in [-0.3, -0.25) is 4.90 Å². The van der Waals surface area contributed by atoms with Gasteiger partial charge in [0.25, 0.3) is 5.79 Å². The Hall–Kier alpha value is -2.77. The van der Waals surface area contributed by atoms with E-state index in [-0.39, 0.29) is 11.3 Å². The first-order valence-corrected chi connectivity index (χ1v) is 10.7.